The van der Waals surface area contributed by atoms with Crippen LogP contribution in [0.4, 0.5) is 0 Å². The number of aryl methyl sites for hydroxylation is 1. The van der Waals surface area contributed by atoms with Crippen LogP contribution in [0.25, 0.3) is 16.6 Å². The van der Waals surface area contributed by atoms with Crippen molar-refractivity contribution in [3.8, 4) is 0 Å². The molecule has 0 aromatic carbocycles. The number of piperidine rings is 1. The lowest BCUT2D eigenvalue weighted by molar-refractivity contribution is -0.151. The first-order chi connectivity index (χ1) is 14.5. The summed E-state index contributed by atoms with van der Waals surface area (Å²) < 4.78 is 13.6. The minimum absolute atomic E-state index is 0.222. The molecule has 0 aliphatic carbocycles. The number of aromatic nitrogens is 3. The lowest BCUT2D eigenvalue weighted by Gasteiger charge is -2.33. The lowest BCUT2D eigenvalue weighted by Crippen LogP contribution is -2.47. The third-order valence-electron chi connectivity index (χ3n) is 5.72. The Labute approximate surface area is 173 Å². The van der Waals surface area contributed by atoms with Gasteiger partial charge in [-0.25, -0.2) is 4.68 Å². The van der Waals surface area contributed by atoms with Crippen LogP contribution in [-0.2, 0) is 20.7 Å². The van der Waals surface area contributed by atoms with Crippen molar-refractivity contribution in [1.29, 1.82) is 0 Å². The average Bonchev–Trinajstić information content (AvgIpc) is 3.35. The number of likely N-dealkylation sites (tertiary alicyclic amines) is 1. The summed E-state index contributed by atoms with van der Waals surface area (Å²) >= 11 is 0. The van der Waals surface area contributed by atoms with E-state index in [0.717, 1.165) is 11.9 Å². The first-order valence-electron chi connectivity index (χ1n) is 10.4. The second-order valence-corrected chi connectivity index (χ2v) is 7.61. The van der Waals surface area contributed by atoms with Crippen LogP contribution in [-0.4, -0.2) is 50.7 Å². The van der Waals surface area contributed by atoms with Gasteiger partial charge >= 0.3 is 5.97 Å². The van der Waals surface area contributed by atoms with E-state index in [1.165, 1.54) is 4.68 Å². The van der Waals surface area contributed by atoms with Crippen LogP contribution >= 0.6 is 0 Å². The summed E-state index contributed by atoms with van der Waals surface area (Å²) in [7, 11) is 0. The smallest absolute Gasteiger partial charge is 0.310 e. The van der Waals surface area contributed by atoms with Crippen molar-refractivity contribution in [2.24, 2.45) is 5.92 Å². The number of ether oxygens (including phenoxy) is 1. The van der Waals surface area contributed by atoms with Crippen LogP contribution in [0.15, 0.2) is 27.6 Å². The third kappa shape index (κ3) is 3.28. The number of carbonyl (C=O) groups is 2. The highest BCUT2D eigenvalue weighted by Gasteiger charge is 2.32. The van der Waals surface area contributed by atoms with Gasteiger partial charge in [0.15, 0.2) is 5.58 Å². The molecule has 0 saturated carbocycles. The molecule has 30 heavy (non-hydrogen) atoms. The fraction of sp³-hybridized carbons (Fsp3) is 0.524. The normalized spacial score (nSPS) is 18.1. The number of rotatable bonds is 5. The van der Waals surface area contributed by atoms with Crippen LogP contribution in [0.5, 0.6) is 0 Å². The molecule has 1 saturated heterocycles. The molecule has 1 amide bonds. The molecule has 1 fully saturated rings. The van der Waals surface area contributed by atoms with E-state index >= 15 is 0 Å². The predicted octanol–water partition coefficient (Wildman–Crippen LogP) is 2.17. The zero-order valence-corrected chi connectivity index (χ0v) is 17.5. The molecule has 3 aromatic rings. The molecule has 0 unspecified atom stereocenters. The fourth-order valence-electron chi connectivity index (χ4n) is 4.18. The highest BCUT2D eigenvalue weighted by Crippen LogP contribution is 2.23. The fourth-order valence-corrected chi connectivity index (χ4v) is 4.18. The van der Waals surface area contributed by atoms with Gasteiger partial charge in [0.2, 0.25) is 5.91 Å². The summed E-state index contributed by atoms with van der Waals surface area (Å²) in [6, 6.07) is 2.70. The predicted molar refractivity (Wildman–Crippen MR) is 109 cm³/mol. The lowest BCUT2D eigenvalue weighted by atomic mass is 9.97. The number of nitrogens with zero attached hydrogens (tertiary/aromatic N) is 4. The maximum atomic E-state index is 13.2. The van der Waals surface area contributed by atoms with E-state index in [4.69, 9.17) is 9.15 Å². The molecular weight excluding hydrogens is 388 g/mol. The Morgan fingerprint density at radius 2 is 2.13 bits per heavy atom. The van der Waals surface area contributed by atoms with E-state index < -0.39 is 6.04 Å². The van der Waals surface area contributed by atoms with E-state index in [-0.39, 0.29) is 23.4 Å². The van der Waals surface area contributed by atoms with Crippen LogP contribution in [0.2, 0.25) is 0 Å². The molecular formula is C21H26N4O5. The Hall–Kier alpha value is -3.10. The second-order valence-electron chi connectivity index (χ2n) is 7.61. The molecule has 4 heterocycles. The summed E-state index contributed by atoms with van der Waals surface area (Å²) in [6.07, 6.45) is 3.58. The van der Waals surface area contributed by atoms with Crippen molar-refractivity contribution in [1.82, 2.24) is 19.1 Å². The number of esters is 1. The monoisotopic (exact) mass is 414 g/mol. The molecule has 0 N–H and O–H groups in total. The first kappa shape index (κ1) is 20.2. The van der Waals surface area contributed by atoms with Gasteiger partial charge in [-0.3, -0.25) is 18.8 Å². The SMILES string of the molecule is CCOC(=O)[C@H]1CCCN(C(=O)[C@H](C)n2nc(CC)n3c(cc4occc43)c2=O)C1. The van der Waals surface area contributed by atoms with Gasteiger partial charge in [-0.15, -0.1) is 0 Å². The quantitative estimate of drug-likeness (QED) is 0.594. The molecule has 1 aliphatic rings. The maximum absolute atomic E-state index is 13.2. The Morgan fingerprint density at radius 1 is 1.33 bits per heavy atom. The van der Waals surface area contributed by atoms with Crippen molar-refractivity contribution in [2.45, 2.75) is 46.1 Å². The maximum Gasteiger partial charge on any atom is 0.310 e. The van der Waals surface area contributed by atoms with Gasteiger partial charge < -0.3 is 14.1 Å². The number of hydrogen-bond acceptors (Lipinski definition) is 6. The van der Waals surface area contributed by atoms with Crippen LogP contribution in [0, 0.1) is 5.92 Å². The third-order valence-corrected chi connectivity index (χ3v) is 5.72. The largest absolute Gasteiger partial charge is 0.466 e. The van der Waals surface area contributed by atoms with Gasteiger partial charge in [0.05, 0.1) is 24.3 Å². The van der Waals surface area contributed by atoms with Gasteiger partial charge in [0.25, 0.3) is 5.56 Å². The van der Waals surface area contributed by atoms with Gasteiger partial charge in [-0.2, -0.15) is 5.10 Å². The molecule has 160 valence electrons. The molecule has 0 spiro atoms. The Kier molecular flexibility index (Phi) is 5.36. The number of carbonyl (C=O) groups excluding carboxylic acids is 2. The van der Waals surface area contributed by atoms with Crippen LogP contribution < -0.4 is 5.56 Å². The minimum atomic E-state index is -0.782. The van der Waals surface area contributed by atoms with Crippen LogP contribution in [0.3, 0.4) is 0 Å². The summed E-state index contributed by atoms with van der Waals surface area (Å²) in [5.41, 5.74) is 1.47. The molecule has 0 bridgehead atoms. The Morgan fingerprint density at radius 3 is 2.87 bits per heavy atom. The van der Waals surface area contributed by atoms with Crippen molar-refractivity contribution in [2.75, 3.05) is 19.7 Å². The standard InChI is InChI=1S/C21H26N4O5/c1-4-18-22-25(20(27)16-11-17-15(24(16)18)8-10-30-17)13(3)19(26)23-9-6-7-14(12-23)21(28)29-5-2/h8,10-11,13-14H,4-7,9,12H2,1-3H3/t13-,14-/m0/s1. The molecule has 1 aliphatic heterocycles. The number of hydrogen-bond donors (Lipinski definition) is 0. The Bertz CT molecular complexity index is 1160. The van der Waals surface area contributed by atoms with Crippen molar-refractivity contribution in [3.63, 3.8) is 0 Å². The number of amides is 1. The number of fused-ring (bicyclic) bond motifs is 3. The van der Waals surface area contributed by atoms with E-state index in [9.17, 15) is 14.4 Å². The number of furan rings is 1. The van der Waals surface area contributed by atoms with Crippen molar-refractivity contribution < 1.29 is 18.7 Å². The second kappa shape index (κ2) is 7.97. The summed E-state index contributed by atoms with van der Waals surface area (Å²) in [5.74, 6) is -0.155. The highest BCUT2D eigenvalue weighted by atomic mass is 16.5. The molecule has 3 aromatic heterocycles. The van der Waals surface area contributed by atoms with E-state index in [1.54, 1.807) is 41.5 Å². The summed E-state index contributed by atoms with van der Waals surface area (Å²) in [4.78, 5) is 40.1. The average molecular weight is 414 g/mol. The zero-order chi connectivity index (χ0) is 21.4. The molecule has 2 atom stereocenters. The van der Waals surface area contributed by atoms with Crippen LogP contribution in [0.1, 0.15) is 45.5 Å². The van der Waals surface area contributed by atoms with Crippen molar-refractivity contribution in [3.05, 3.63) is 34.6 Å². The molecule has 9 heteroatoms. The van der Waals surface area contributed by atoms with Gasteiger partial charge in [0, 0.05) is 31.6 Å². The zero-order valence-electron chi connectivity index (χ0n) is 17.5. The van der Waals surface area contributed by atoms with Gasteiger partial charge in [-0.1, -0.05) is 6.92 Å². The highest BCUT2D eigenvalue weighted by molar-refractivity contribution is 5.83. The van der Waals surface area contributed by atoms with E-state index in [0.29, 0.717) is 49.5 Å². The van der Waals surface area contributed by atoms with Crippen molar-refractivity contribution >= 4 is 28.5 Å². The van der Waals surface area contributed by atoms with E-state index in [2.05, 4.69) is 5.10 Å². The topological polar surface area (TPSA) is 99.1 Å². The first-order valence-corrected chi connectivity index (χ1v) is 10.4. The summed E-state index contributed by atoms with van der Waals surface area (Å²) in [6.45, 7) is 6.56. The molecule has 4 rings (SSSR count). The Balaban J connectivity index is 1.66. The molecule has 0 radical (unpaired) electrons. The molecule has 9 nitrogen and oxygen atoms in total. The summed E-state index contributed by atoms with van der Waals surface area (Å²) in [5, 5.41) is 4.51. The van der Waals surface area contributed by atoms with E-state index in [1.807, 2.05) is 6.92 Å². The van der Waals surface area contributed by atoms with Gasteiger partial charge in [0.1, 0.15) is 17.4 Å². The minimum Gasteiger partial charge on any atom is -0.466 e. The van der Waals surface area contributed by atoms with Gasteiger partial charge in [-0.05, 0) is 26.7 Å².